The predicted octanol–water partition coefficient (Wildman–Crippen LogP) is 3.73. The smallest absolute Gasteiger partial charge is 0.144 e. The molecular formula is C11H8BrFN2. The number of rotatable bonds is 2. The molecule has 0 atom stereocenters. The summed E-state index contributed by atoms with van der Waals surface area (Å²) in [7, 11) is 0. The Balaban J connectivity index is 2.22. The van der Waals surface area contributed by atoms with Crippen LogP contribution in [-0.2, 0) is 0 Å². The minimum Gasteiger partial charge on any atom is -0.339 e. The third-order valence-electron chi connectivity index (χ3n) is 1.87. The molecule has 0 fully saturated rings. The maximum Gasteiger partial charge on any atom is 0.144 e. The van der Waals surface area contributed by atoms with Crippen LogP contribution >= 0.6 is 15.9 Å². The number of hydrogen-bond donors (Lipinski definition) is 1. The van der Waals surface area contributed by atoms with Crippen LogP contribution in [0.5, 0.6) is 0 Å². The van der Waals surface area contributed by atoms with Gasteiger partial charge in [0, 0.05) is 11.9 Å². The first-order chi connectivity index (χ1) is 7.25. The van der Waals surface area contributed by atoms with E-state index in [9.17, 15) is 4.39 Å². The van der Waals surface area contributed by atoms with Gasteiger partial charge in [0.1, 0.15) is 11.6 Å². The summed E-state index contributed by atoms with van der Waals surface area (Å²) in [5.74, 6) is 0.463. The molecule has 0 spiro atoms. The maximum absolute atomic E-state index is 12.7. The highest BCUT2D eigenvalue weighted by molar-refractivity contribution is 9.10. The molecule has 0 saturated heterocycles. The van der Waals surface area contributed by atoms with Crippen molar-refractivity contribution in [1.29, 1.82) is 0 Å². The first-order valence-electron chi connectivity index (χ1n) is 4.39. The van der Waals surface area contributed by atoms with E-state index in [0.717, 1.165) is 10.2 Å². The van der Waals surface area contributed by atoms with Gasteiger partial charge in [0.05, 0.1) is 4.47 Å². The van der Waals surface area contributed by atoms with Crippen LogP contribution in [0.15, 0.2) is 47.1 Å². The summed E-state index contributed by atoms with van der Waals surface area (Å²) in [5.41, 5.74) is 0.802. The lowest BCUT2D eigenvalue weighted by atomic mass is 10.3. The van der Waals surface area contributed by atoms with Crippen LogP contribution in [0.4, 0.5) is 15.9 Å². The zero-order valence-corrected chi connectivity index (χ0v) is 9.33. The second-order valence-corrected chi connectivity index (χ2v) is 3.82. The number of pyridine rings is 1. The third kappa shape index (κ3) is 2.53. The van der Waals surface area contributed by atoms with E-state index in [1.807, 2.05) is 12.1 Å². The topological polar surface area (TPSA) is 24.9 Å². The van der Waals surface area contributed by atoms with Crippen LogP contribution in [-0.4, -0.2) is 4.98 Å². The zero-order chi connectivity index (χ0) is 10.7. The summed E-state index contributed by atoms with van der Waals surface area (Å²) < 4.78 is 13.5. The molecule has 1 N–H and O–H groups in total. The molecule has 2 nitrogen and oxygen atoms in total. The van der Waals surface area contributed by atoms with E-state index in [1.165, 1.54) is 12.1 Å². The number of aromatic nitrogens is 1. The summed E-state index contributed by atoms with van der Waals surface area (Å²) in [5, 5.41) is 3.07. The fraction of sp³-hybridized carbons (Fsp3) is 0. The average molecular weight is 267 g/mol. The van der Waals surface area contributed by atoms with Crippen LogP contribution in [0.2, 0.25) is 0 Å². The van der Waals surface area contributed by atoms with Crippen LogP contribution in [0.1, 0.15) is 0 Å². The highest BCUT2D eigenvalue weighted by Crippen LogP contribution is 2.22. The highest BCUT2D eigenvalue weighted by atomic mass is 79.9. The Morgan fingerprint density at radius 1 is 1.13 bits per heavy atom. The molecule has 2 aromatic rings. The number of halogens is 2. The Kier molecular flexibility index (Phi) is 2.97. The highest BCUT2D eigenvalue weighted by Gasteiger charge is 2.00. The van der Waals surface area contributed by atoms with E-state index in [4.69, 9.17) is 0 Å². The summed E-state index contributed by atoms with van der Waals surface area (Å²) in [6, 6.07) is 9.85. The monoisotopic (exact) mass is 266 g/mol. The molecule has 4 heteroatoms. The first kappa shape index (κ1) is 10.1. The molecule has 15 heavy (non-hydrogen) atoms. The van der Waals surface area contributed by atoms with Crippen molar-refractivity contribution in [1.82, 2.24) is 4.98 Å². The summed E-state index contributed by atoms with van der Waals surface area (Å²) >= 11 is 3.37. The Hall–Kier alpha value is -1.42. The van der Waals surface area contributed by atoms with Gasteiger partial charge in [0.15, 0.2) is 0 Å². The zero-order valence-electron chi connectivity index (χ0n) is 7.74. The number of benzene rings is 1. The second kappa shape index (κ2) is 4.40. The van der Waals surface area contributed by atoms with Gasteiger partial charge in [-0.3, -0.25) is 0 Å². The minimum atomic E-state index is -0.249. The van der Waals surface area contributed by atoms with Crippen LogP contribution in [0.3, 0.4) is 0 Å². The van der Waals surface area contributed by atoms with Crippen LogP contribution in [0, 0.1) is 5.82 Å². The van der Waals surface area contributed by atoms with E-state index >= 15 is 0 Å². The standard InChI is InChI=1S/C11H8BrFN2/c12-10-2-1-7-14-11(10)15-9-5-3-8(13)4-6-9/h1-7H,(H,14,15). The Morgan fingerprint density at radius 2 is 1.87 bits per heavy atom. The minimum absolute atomic E-state index is 0.249. The molecule has 76 valence electrons. The van der Waals surface area contributed by atoms with Gasteiger partial charge >= 0.3 is 0 Å². The lowest BCUT2D eigenvalue weighted by Crippen LogP contribution is -1.93. The molecule has 1 aromatic heterocycles. The lowest BCUT2D eigenvalue weighted by molar-refractivity contribution is 0.628. The van der Waals surface area contributed by atoms with Crippen LogP contribution in [0.25, 0.3) is 0 Å². The number of hydrogen-bond acceptors (Lipinski definition) is 2. The second-order valence-electron chi connectivity index (χ2n) is 2.97. The fourth-order valence-corrected chi connectivity index (χ4v) is 1.50. The molecule has 0 aliphatic heterocycles. The summed E-state index contributed by atoms with van der Waals surface area (Å²) in [6.07, 6.45) is 1.69. The first-order valence-corrected chi connectivity index (χ1v) is 5.18. The van der Waals surface area contributed by atoms with Crippen molar-refractivity contribution in [2.45, 2.75) is 0 Å². The predicted molar refractivity (Wildman–Crippen MR) is 61.6 cm³/mol. The van der Waals surface area contributed by atoms with Crippen molar-refractivity contribution < 1.29 is 4.39 Å². The maximum atomic E-state index is 12.7. The van der Waals surface area contributed by atoms with E-state index in [2.05, 4.69) is 26.2 Å². The lowest BCUT2D eigenvalue weighted by Gasteiger charge is -2.06. The normalized spacial score (nSPS) is 10.0. The molecule has 1 aromatic carbocycles. The largest absolute Gasteiger partial charge is 0.339 e. The van der Waals surface area contributed by atoms with Crippen molar-refractivity contribution in [3.8, 4) is 0 Å². The Morgan fingerprint density at radius 3 is 2.53 bits per heavy atom. The van der Waals surface area contributed by atoms with E-state index in [1.54, 1.807) is 18.3 Å². The molecule has 1 heterocycles. The van der Waals surface area contributed by atoms with Gasteiger partial charge in [-0.2, -0.15) is 0 Å². The van der Waals surface area contributed by atoms with E-state index < -0.39 is 0 Å². The van der Waals surface area contributed by atoms with E-state index in [-0.39, 0.29) is 5.82 Å². The van der Waals surface area contributed by atoms with Gasteiger partial charge < -0.3 is 5.32 Å². The van der Waals surface area contributed by atoms with Gasteiger partial charge in [0.25, 0.3) is 0 Å². The Bertz CT molecular complexity index is 456. The SMILES string of the molecule is Fc1ccc(Nc2ncccc2Br)cc1. The van der Waals surface area contributed by atoms with Gasteiger partial charge in [-0.05, 0) is 52.3 Å². The number of nitrogens with zero attached hydrogens (tertiary/aromatic N) is 1. The van der Waals surface area contributed by atoms with Crippen molar-refractivity contribution in [3.05, 3.63) is 52.9 Å². The number of nitrogens with one attached hydrogen (secondary N) is 1. The van der Waals surface area contributed by atoms with E-state index in [0.29, 0.717) is 5.82 Å². The van der Waals surface area contributed by atoms with Crippen molar-refractivity contribution in [2.75, 3.05) is 5.32 Å². The van der Waals surface area contributed by atoms with Gasteiger partial charge in [-0.15, -0.1) is 0 Å². The Labute approximate surface area is 95.3 Å². The molecule has 0 saturated carbocycles. The summed E-state index contributed by atoms with van der Waals surface area (Å²) in [4.78, 5) is 4.14. The molecule has 2 rings (SSSR count). The fourth-order valence-electron chi connectivity index (χ4n) is 1.15. The van der Waals surface area contributed by atoms with Gasteiger partial charge in [-0.25, -0.2) is 9.37 Å². The van der Waals surface area contributed by atoms with Crippen molar-refractivity contribution in [2.24, 2.45) is 0 Å². The molecule has 0 bridgehead atoms. The van der Waals surface area contributed by atoms with Crippen molar-refractivity contribution >= 4 is 27.4 Å². The van der Waals surface area contributed by atoms with Gasteiger partial charge in [-0.1, -0.05) is 0 Å². The molecule has 0 unspecified atom stereocenters. The number of anilines is 2. The molecule has 0 radical (unpaired) electrons. The average Bonchev–Trinajstić information content (AvgIpc) is 2.25. The molecule has 0 amide bonds. The summed E-state index contributed by atoms with van der Waals surface area (Å²) in [6.45, 7) is 0. The van der Waals surface area contributed by atoms with Gasteiger partial charge in [0.2, 0.25) is 0 Å². The quantitative estimate of drug-likeness (QED) is 0.896. The van der Waals surface area contributed by atoms with Crippen molar-refractivity contribution in [3.63, 3.8) is 0 Å². The molecule has 0 aliphatic carbocycles. The molecule has 0 aliphatic rings. The third-order valence-corrected chi connectivity index (χ3v) is 2.51. The molecular weight excluding hydrogens is 259 g/mol. The van der Waals surface area contributed by atoms with Crippen LogP contribution < -0.4 is 5.32 Å².